The lowest BCUT2D eigenvalue weighted by molar-refractivity contribution is 0.184. The summed E-state index contributed by atoms with van der Waals surface area (Å²) in [4.78, 5) is 21.1. The van der Waals surface area contributed by atoms with Gasteiger partial charge in [0.25, 0.3) is 0 Å². The molecule has 1 aliphatic heterocycles. The first-order valence-corrected chi connectivity index (χ1v) is 9.98. The molecule has 1 aliphatic rings. The molecule has 1 unspecified atom stereocenters. The highest BCUT2D eigenvalue weighted by Gasteiger charge is 2.28. The van der Waals surface area contributed by atoms with Gasteiger partial charge in [0, 0.05) is 37.6 Å². The standard InChI is InChI=1S/C21H27ClN4O/c1-3-4-6-17-8-10-18(11-9-17)24-21(27)26-14-13-25(15-16(26)2)20-19(22)7-5-12-23-20/h5,7-12,16H,3-4,6,13-15H2,1-2H3,(H,24,27). The number of carbonyl (C=O) groups is 1. The van der Waals surface area contributed by atoms with Crippen molar-refractivity contribution in [1.82, 2.24) is 9.88 Å². The summed E-state index contributed by atoms with van der Waals surface area (Å²) in [6, 6.07) is 11.8. The minimum absolute atomic E-state index is 0.0597. The number of pyridine rings is 1. The van der Waals surface area contributed by atoms with Crippen LogP contribution in [-0.2, 0) is 6.42 Å². The average molecular weight is 387 g/mol. The van der Waals surface area contributed by atoms with Crippen LogP contribution in [0.1, 0.15) is 32.3 Å². The second-order valence-electron chi connectivity index (χ2n) is 7.03. The van der Waals surface area contributed by atoms with Crippen molar-refractivity contribution in [2.75, 3.05) is 29.9 Å². The number of unbranched alkanes of at least 4 members (excludes halogenated alkanes) is 1. The number of aromatic nitrogens is 1. The molecule has 1 atom stereocenters. The zero-order valence-corrected chi connectivity index (χ0v) is 16.7. The molecule has 0 saturated carbocycles. The first kappa shape index (κ1) is 19.5. The highest BCUT2D eigenvalue weighted by molar-refractivity contribution is 6.32. The largest absolute Gasteiger partial charge is 0.352 e. The molecule has 144 valence electrons. The number of halogens is 1. The van der Waals surface area contributed by atoms with E-state index in [0.29, 0.717) is 24.7 Å². The van der Waals surface area contributed by atoms with Crippen LogP contribution in [0, 0.1) is 0 Å². The normalized spacial score (nSPS) is 17.1. The van der Waals surface area contributed by atoms with Gasteiger partial charge in [0.2, 0.25) is 0 Å². The van der Waals surface area contributed by atoms with Crippen LogP contribution in [0.15, 0.2) is 42.6 Å². The van der Waals surface area contributed by atoms with Gasteiger partial charge in [-0.05, 0) is 49.6 Å². The Balaban J connectivity index is 1.57. The Morgan fingerprint density at radius 2 is 2.04 bits per heavy atom. The molecule has 2 amide bonds. The van der Waals surface area contributed by atoms with Crippen LogP contribution < -0.4 is 10.2 Å². The molecular formula is C21H27ClN4O. The average Bonchev–Trinajstić information content (AvgIpc) is 2.67. The minimum atomic E-state index is -0.0597. The quantitative estimate of drug-likeness (QED) is 0.801. The molecule has 0 spiro atoms. The van der Waals surface area contributed by atoms with E-state index in [-0.39, 0.29) is 12.1 Å². The van der Waals surface area contributed by atoms with E-state index in [1.54, 1.807) is 6.20 Å². The maximum atomic E-state index is 12.7. The first-order valence-electron chi connectivity index (χ1n) is 9.60. The predicted molar refractivity (Wildman–Crippen MR) is 112 cm³/mol. The van der Waals surface area contributed by atoms with Crippen molar-refractivity contribution in [3.63, 3.8) is 0 Å². The number of hydrogen-bond acceptors (Lipinski definition) is 3. The lowest BCUT2D eigenvalue weighted by atomic mass is 10.1. The SMILES string of the molecule is CCCCc1ccc(NC(=O)N2CCN(c3ncccc3Cl)CC2C)cc1. The maximum absolute atomic E-state index is 12.7. The summed E-state index contributed by atoms with van der Waals surface area (Å²) >= 11 is 6.26. The van der Waals surface area contributed by atoms with Crippen LogP contribution in [-0.4, -0.2) is 41.6 Å². The third kappa shape index (κ3) is 4.92. The van der Waals surface area contributed by atoms with E-state index < -0.39 is 0 Å². The van der Waals surface area contributed by atoms with Gasteiger partial charge in [-0.3, -0.25) is 0 Å². The lowest BCUT2D eigenvalue weighted by Gasteiger charge is -2.40. The number of amides is 2. The van der Waals surface area contributed by atoms with Crippen molar-refractivity contribution in [3.8, 4) is 0 Å². The summed E-state index contributed by atoms with van der Waals surface area (Å²) in [5.41, 5.74) is 2.15. The van der Waals surface area contributed by atoms with E-state index in [9.17, 15) is 4.79 Å². The summed E-state index contributed by atoms with van der Waals surface area (Å²) < 4.78 is 0. The number of anilines is 2. The highest BCUT2D eigenvalue weighted by atomic mass is 35.5. The van der Waals surface area contributed by atoms with Crippen molar-refractivity contribution in [2.45, 2.75) is 39.2 Å². The lowest BCUT2D eigenvalue weighted by Crippen LogP contribution is -2.55. The Labute approximate surface area is 166 Å². The molecule has 27 heavy (non-hydrogen) atoms. The van der Waals surface area contributed by atoms with Crippen LogP contribution in [0.3, 0.4) is 0 Å². The molecule has 3 rings (SSSR count). The fourth-order valence-corrected chi connectivity index (χ4v) is 3.63. The smallest absolute Gasteiger partial charge is 0.322 e. The topological polar surface area (TPSA) is 48.5 Å². The third-order valence-electron chi connectivity index (χ3n) is 4.95. The Kier molecular flexibility index (Phi) is 6.56. The van der Waals surface area contributed by atoms with E-state index >= 15 is 0 Å². The number of piperazine rings is 1. The van der Waals surface area contributed by atoms with Gasteiger partial charge in [0.1, 0.15) is 5.82 Å². The predicted octanol–water partition coefficient (Wildman–Crippen LogP) is 4.82. The van der Waals surface area contributed by atoms with Crippen molar-refractivity contribution < 1.29 is 4.79 Å². The van der Waals surface area contributed by atoms with E-state index in [0.717, 1.165) is 17.9 Å². The Morgan fingerprint density at radius 1 is 1.26 bits per heavy atom. The van der Waals surface area contributed by atoms with E-state index in [1.165, 1.54) is 18.4 Å². The first-order chi connectivity index (χ1) is 13.1. The van der Waals surface area contributed by atoms with E-state index in [1.807, 2.05) is 29.2 Å². The second kappa shape index (κ2) is 9.09. The van der Waals surface area contributed by atoms with Crippen molar-refractivity contribution in [1.29, 1.82) is 0 Å². The summed E-state index contributed by atoms with van der Waals surface area (Å²) in [7, 11) is 0. The van der Waals surface area contributed by atoms with Gasteiger partial charge in [0.05, 0.1) is 5.02 Å². The third-order valence-corrected chi connectivity index (χ3v) is 5.25. The fourth-order valence-electron chi connectivity index (χ4n) is 3.39. The zero-order valence-electron chi connectivity index (χ0n) is 16.0. The summed E-state index contributed by atoms with van der Waals surface area (Å²) in [5, 5.41) is 3.66. The molecule has 0 bridgehead atoms. The summed E-state index contributed by atoms with van der Waals surface area (Å²) in [5.74, 6) is 0.786. The molecule has 0 radical (unpaired) electrons. The van der Waals surface area contributed by atoms with E-state index in [4.69, 9.17) is 11.6 Å². The van der Waals surface area contributed by atoms with Gasteiger partial charge in [-0.2, -0.15) is 0 Å². The number of hydrogen-bond donors (Lipinski definition) is 1. The number of aryl methyl sites for hydroxylation is 1. The number of rotatable bonds is 5. The van der Waals surface area contributed by atoms with Crippen LogP contribution in [0.25, 0.3) is 0 Å². The Morgan fingerprint density at radius 3 is 2.70 bits per heavy atom. The summed E-state index contributed by atoms with van der Waals surface area (Å²) in [6.45, 7) is 6.30. The number of nitrogens with zero attached hydrogens (tertiary/aromatic N) is 3. The van der Waals surface area contributed by atoms with Crippen LogP contribution in [0.5, 0.6) is 0 Å². The van der Waals surface area contributed by atoms with Crippen molar-refractivity contribution >= 4 is 29.1 Å². The van der Waals surface area contributed by atoms with Gasteiger partial charge < -0.3 is 15.1 Å². The zero-order chi connectivity index (χ0) is 19.2. The fraction of sp³-hybridized carbons (Fsp3) is 0.429. The number of urea groups is 1. The Hall–Kier alpha value is -2.27. The van der Waals surface area contributed by atoms with Gasteiger partial charge in [-0.25, -0.2) is 9.78 Å². The molecule has 1 fully saturated rings. The number of benzene rings is 1. The molecule has 5 nitrogen and oxygen atoms in total. The Bertz CT molecular complexity index is 765. The molecule has 1 N–H and O–H groups in total. The van der Waals surface area contributed by atoms with E-state index in [2.05, 4.69) is 41.2 Å². The van der Waals surface area contributed by atoms with Gasteiger partial charge in [0.15, 0.2) is 0 Å². The molecule has 2 aromatic rings. The summed E-state index contributed by atoms with van der Waals surface area (Å²) in [6.07, 6.45) is 5.20. The maximum Gasteiger partial charge on any atom is 0.322 e. The monoisotopic (exact) mass is 386 g/mol. The van der Waals surface area contributed by atoms with Crippen molar-refractivity contribution in [2.24, 2.45) is 0 Å². The molecular weight excluding hydrogens is 360 g/mol. The highest BCUT2D eigenvalue weighted by Crippen LogP contribution is 2.25. The molecule has 6 heteroatoms. The van der Waals surface area contributed by atoms with Gasteiger partial charge >= 0.3 is 6.03 Å². The number of carbonyl (C=O) groups excluding carboxylic acids is 1. The van der Waals surface area contributed by atoms with Gasteiger partial charge in [-0.15, -0.1) is 0 Å². The minimum Gasteiger partial charge on any atom is -0.352 e. The second-order valence-corrected chi connectivity index (χ2v) is 7.44. The number of nitrogens with one attached hydrogen (secondary N) is 1. The molecule has 0 aliphatic carbocycles. The molecule has 1 saturated heterocycles. The van der Waals surface area contributed by atoms with Crippen LogP contribution in [0.4, 0.5) is 16.3 Å². The van der Waals surface area contributed by atoms with Crippen molar-refractivity contribution in [3.05, 3.63) is 53.2 Å². The molecule has 1 aromatic carbocycles. The van der Waals surface area contributed by atoms with Gasteiger partial charge in [-0.1, -0.05) is 37.1 Å². The molecule has 2 heterocycles. The van der Waals surface area contributed by atoms with Crippen LogP contribution >= 0.6 is 11.6 Å². The van der Waals surface area contributed by atoms with Crippen LogP contribution in [0.2, 0.25) is 5.02 Å². The molecule has 1 aromatic heterocycles.